The second-order valence-electron chi connectivity index (χ2n) is 5.90. The highest BCUT2D eigenvalue weighted by Gasteiger charge is 2.22. The maximum absolute atomic E-state index is 12.9. The molecule has 23 heavy (non-hydrogen) atoms. The third-order valence-electron chi connectivity index (χ3n) is 4.12. The Morgan fingerprint density at radius 2 is 1.96 bits per heavy atom. The summed E-state index contributed by atoms with van der Waals surface area (Å²) >= 11 is 0. The Hall–Kier alpha value is -2.44. The molecule has 1 saturated heterocycles. The van der Waals surface area contributed by atoms with E-state index < -0.39 is 5.76 Å². The molecule has 122 valence electrons. The largest absolute Gasteiger partial charge is 0.437 e. The maximum Gasteiger partial charge on any atom is 0.437 e. The van der Waals surface area contributed by atoms with Crippen LogP contribution in [0.3, 0.4) is 0 Å². The van der Waals surface area contributed by atoms with Gasteiger partial charge in [-0.2, -0.15) is 4.68 Å². The summed E-state index contributed by atoms with van der Waals surface area (Å²) in [4.78, 5) is 25.8. The number of benzene rings is 1. The van der Waals surface area contributed by atoms with Crippen LogP contribution >= 0.6 is 0 Å². The number of carbonyl (C=O) groups is 1. The molecule has 0 N–H and O–H groups in total. The smallest absolute Gasteiger partial charge is 0.388 e. The minimum atomic E-state index is -0.692. The lowest BCUT2D eigenvalue weighted by molar-refractivity contribution is -0.133. The zero-order valence-electron chi connectivity index (χ0n) is 12.9. The standard InChI is InChI=1S/C16H18FN3O3/c1-11-6-8-19(9-7-11)14(21)10-20-16(22)23-15(18-20)12-2-4-13(17)5-3-12/h2-5,11H,6-10H2,1H3. The Bertz CT molecular complexity index is 743. The van der Waals surface area contributed by atoms with Gasteiger partial charge in [0.2, 0.25) is 11.8 Å². The molecule has 0 atom stereocenters. The number of nitrogens with zero attached hydrogens (tertiary/aromatic N) is 3. The van der Waals surface area contributed by atoms with Crippen LogP contribution in [0.4, 0.5) is 4.39 Å². The monoisotopic (exact) mass is 319 g/mol. The molecular weight excluding hydrogens is 301 g/mol. The molecule has 1 aromatic carbocycles. The first-order valence-electron chi connectivity index (χ1n) is 7.64. The van der Waals surface area contributed by atoms with Gasteiger partial charge in [0.15, 0.2) is 0 Å². The lowest BCUT2D eigenvalue weighted by Gasteiger charge is -2.30. The Balaban J connectivity index is 1.72. The number of hydrogen-bond acceptors (Lipinski definition) is 4. The van der Waals surface area contributed by atoms with E-state index in [4.69, 9.17) is 4.42 Å². The zero-order valence-corrected chi connectivity index (χ0v) is 12.9. The van der Waals surface area contributed by atoms with Crippen molar-refractivity contribution in [2.75, 3.05) is 13.1 Å². The fraction of sp³-hybridized carbons (Fsp3) is 0.438. The quantitative estimate of drug-likeness (QED) is 0.866. The summed E-state index contributed by atoms with van der Waals surface area (Å²) in [7, 11) is 0. The molecule has 2 aromatic rings. The number of aromatic nitrogens is 2. The second kappa shape index (κ2) is 6.36. The summed E-state index contributed by atoms with van der Waals surface area (Å²) < 4.78 is 19.0. The molecule has 1 aliphatic rings. The Kier molecular flexibility index (Phi) is 4.27. The lowest BCUT2D eigenvalue weighted by atomic mass is 9.99. The van der Waals surface area contributed by atoms with Crippen molar-refractivity contribution in [3.63, 3.8) is 0 Å². The fourth-order valence-electron chi connectivity index (χ4n) is 2.60. The molecule has 6 nitrogen and oxygen atoms in total. The minimum absolute atomic E-state index is 0.0788. The molecule has 0 spiro atoms. The van der Waals surface area contributed by atoms with Gasteiger partial charge < -0.3 is 9.32 Å². The van der Waals surface area contributed by atoms with Gasteiger partial charge in [-0.1, -0.05) is 6.92 Å². The van der Waals surface area contributed by atoms with Crippen LogP contribution < -0.4 is 5.76 Å². The highest BCUT2D eigenvalue weighted by molar-refractivity contribution is 5.76. The molecule has 1 aromatic heterocycles. The molecule has 0 aliphatic carbocycles. The number of halogens is 1. The van der Waals surface area contributed by atoms with Crippen LogP contribution in [-0.4, -0.2) is 33.7 Å². The summed E-state index contributed by atoms with van der Waals surface area (Å²) in [5, 5.41) is 4.03. The Labute approximate surface area is 132 Å². The molecule has 1 fully saturated rings. The number of hydrogen-bond donors (Lipinski definition) is 0. The minimum Gasteiger partial charge on any atom is -0.388 e. The molecule has 0 unspecified atom stereocenters. The van der Waals surface area contributed by atoms with Crippen LogP contribution in [0.1, 0.15) is 19.8 Å². The number of piperidine rings is 1. The number of likely N-dealkylation sites (tertiary alicyclic amines) is 1. The van der Waals surface area contributed by atoms with Gasteiger partial charge in [-0.15, -0.1) is 5.10 Å². The fourth-order valence-corrected chi connectivity index (χ4v) is 2.60. The van der Waals surface area contributed by atoms with Gasteiger partial charge in [0, 0.05) is 18.7 Å². The van der Waals surface area contributed by atoms with Crippen molar-refractivity contribution >= 4 is 5.91 Å². The SMILES string of the molecule is CC1CCN(C(=O)Cn2nc(-c3ccc(F)cc3)oc2=O)CC1. The average molecular weight is 319 g/mol. The predicted molar refractivity (Wildman–Crippen MR) is 81.1 cm³/mol. The first kappa shape index (κ1) is 15.5. The maximum atomic E-state index is 12.9. The van der Waals surface area contributed by atoms with Gasteiger partial charge in [-0.25, -0.2) is 9.18 Å². The van der Waals surface area contributed by atoms with Gasteiger partial charge in [0.25, 0.3) is 0 Å². The van der Waals surface area contributed by atoms with Crippen LogP contribution in [0.2, 0.25) is 0 Å². The topological polar surface area (TPSA) is 68.3 Å². The van der Waals surface area contributed by atoms with E-state index in [1.807, 2.05) is 0 Å². The van der Waals surface area contributed by atoms with Crippen LogP contribution in [0.25, 0.3) is 11.5 Å². The number of rotatable bonds is 3. The van der Waals surface area contributed by atoms with Crippen LogP contribution in [0.15, 0.2) is 33.5 Å². The summed E-state index contributed by atoms with van der Waals surface area (Å²) in [5.41, 5.74) is 0.487. The normalized spacial score (nSPS) is 15.8. The van der Waals surface area contributed by atoms with Crippen molar-refractivity contribution in [1.82, 2.24) is 14.7 Å². The predicted octanol–water partition coefficient (Wildman–Crippen LogP) is 1.90. The molecule has 0 bridgehead atoms. The molecule has 3 rings (SSSR count). The zero-order chi connectivity index (χ0) is 16.4. The summed E-state index contributed by atoms with van der Waals surface area (Å²) in [6.45, 7) is 3.44. The van der Waals surface area contributed by atoms with Crippen molar-refractivity contribution in [3.8, 4) is 11.5 Å². The van der Waals surface area contributed by atoms with E-state index in [1.165, 1.54) is 24.3 Å². The van der Waals surface area contributed by atoms with Gasteiger partial charge in [0.05, 0.1) is 0 Å². The van der Waals surface area contributed by atoms with E-state index >= 15 is 0 Å². The van der Waals surface area contributed by atoms with Crippen molar-refractivity contribution in [3.05, 3.63) is 40.6 Å². The van der Waals surface area contributed by atoms with Crippen LogP contribution in [-0.2, 0) is 11.3 Å². The molecule has 0 radical (unpaired) electrons. The van der Waals surface area contributed by atoms with Gasteiger partial charge in [-0.3, -0.25) is 4.79 Å². The second-order valence-corrected chi connectivity index (χ2v) is 5.90. The summed E-state index contributed by atoms with van der Waals surface area (Å²) in [6, 6.07) is 5.46. The van der Waals surface area contributed by atoms with E-state index in [2.05, 4.69) is 12.0 Å². The molecule has 1 aliphatic heterocycles. The van der Waals surface area contributed by atoms with E-state index in [1.54, 1.807) is 4.90 Å². The molecule has 1 amide bonds. The average Bonchev–Trinajstić information content (AvgIpc) is 2.89. The number of amides is 1. The Morgan fingerprint density at radius 1 is 1.30 bits per heavy atom. The third-order valence-corrected chi connectivity index (χ3v) is 4.12. The van der Waals surface area contributed by atoms with E-state index in [-0.39, 0.29) is 24.2 Å². The van der Waals surface area contributed by atoms with Crippen LogP contribution in [0, 0.1) is 11.7 Å². The molecule has 0 saturated carbocycles. The summed E-state index contributed by atoms with van der Waals surface area (Å²) in [6.07, 6.45) is 1.95. The summed E-state index contributed by atoms with van der Waals surface area (Å²) in [5.74, 6) is -0.514. The highest BCUT2D eigenvalue weighted by atomic mass is 19.1. The number of carbonyl (C=O) groups excluding carboxylic acids is 1. The van der Waals surface area contributed by atoms with Gasteiger partial charge >= 0.3 is 5.76 Å². The first-order chi connectivity index (χ1) is 11.0. The van der Waals surface area contributed by atoms with Crippen molar-refractivity contribution < 1.29 is 13.6 Å². The van der Waals surface area contributed by atoms with Crippen molar-refractivity contribution in [2.24, 2.45) is 5.92 Å². The Morgan fingerprint density at radius 3 is 2.61 bits per heavy atom. The van der Waals surface area contributed by atoms with Crippen molar-refractivity contribution in [2.45, 2.75) is 26.3 Å². The van der Waals surface area contributed by atoms with E-state index in [9.17, 15) is 14.0 Å². The van der Waals surface area contributed by atoms with Gasteiger partial charge in [-0.05, 0) is 43.0 Å². The highest BCUT2D eigenvalue weighted by Crippen LogP contribution is 2.17. The van der Waals surface area contributed by atoms with Gasteiger partial charge in [0.1, 0.15) is 12.4 Å². The lowest BCUT2D eigenvalue weighted by Crippen LogP contribution is -2.41. The van der Waals surface area contributed by atoms with E-state index in [0.717, 1.165) is 17.5 Å². The van der Waals surface area contributed by atoms with E-state index in [0.29, 0.717) is 24.6 Å². The molecule has 2 heterocycles. The third kappa shape index (κ3) is 3.49. The first-order valence-corrected chi connectivity index (χ1v) is 7.64. The van der Waals surface area contributed by atoms with Crippen molar-refractivity contribution in [1.29, 1.82) is 0 Å². The van der Waals surface area contributed by atoms with Crippen LogP contribution in [0.5, 0.6) is 0 Å². The molecule has 7 heteroatoms. The molecular formula is C16H18FN3O3.